The molecule has 0 spiro atoms. The van der Waals surface area contributed by atoms with Crippen LogP contribution in [0, 0.1) is 5.41 Å². The van der Waals surface area contributed by atoms with Crippen molar-refractivity contribution in [1.29, 1.82) is 0 Å². The van der Waals surface area contributed by atoms with Crippen molar-refractivity contribution >= 4 is 5.69 Å². The van der Waals surface area contributed by atoms with E-state index >= 15 is 0 Å². The zero-order chi connectivity index (χ0) is 13.7. The van der Waals surface area contributed by atoms with Crippen LogP contribution in [0.15, 0.2) is 18.2 Å². The highest BCUT2D eigenvalue weighted by atomic mass is 16.5. The van der Waals surface area contributed by atoms with E-state index in [0.717, 1.165) is 49.8 Å². The van der Waals surface area contributed by atoms with Crippen molar-refractivity contribution in [2.75, 3.05) is 31.6 Å². The Bertz CT molecular complexity index is 419. The molecular weight excluding hydrogens is 240 g/mol. The lowest BCUT2D eigenvalue weighted by molar-refractivity contribution is 0.297. The highest BCUT2D eigenvalue weighted by molar-refractivity contribution is 5.54. The number of nitrogens with two attached hydrogens (primary N) is 1. The molecule has 0 atom stereocenters. The molecule has 3 N–H and O–H groups in total. The number of rotatable bonds is 5. The Morgan fingerprint density at radius 2 is 1.95 bits per heavy atom. The van der Waals surface area contributed by atoms with Crippen molar-refractivity contribution in [3.8, 4) is 11.5 Å². The van der Waals surface area contributed by atoms with E-state index < -0.39 is 0 Å². The van der Waals surface area contributed by atoms with E-state index in [0.29, 0.717) is 6.54 Å². The van der Waals surface area contributed by atoms with Gasteiger partial charge in [0.1, 0.15) is 0 Å². The minimum atomic E-state index is 0.179. The lowest BCUT2D eigenvalue weighted by Gasteiger charge is -2.22. The van der Waals surface area contributed by atoms with Gasteiger partial charge in [0.15, 0.2) is 11.5 Å². The number of fused-ring (bicyclic) bond motifs is 1. The average molecular weight is 264 g/mol. The first kappa shape index (κ1) is 14.0. The largest absolute Gasteiger partial charge is 0.490 e. The lowest BCUT2D eigenvalue weighted by Crippen LogP contribution is -2.26. The van der Waals surface area contributed by atoms with E-state index in [1.54, 1.807) is 0 Å². The fraction of sp³-hybridized carbons (Fsp3) is 0.600. The molecule has 1 aromatic carbocycles. The first-order valence-electron chi connectivity index (χ1n) is 6.94. The van der Waals surface area contributed by atoms with Crippen LogP contribution >= 0.6 is 0 Å². The van der Waals surface area contributed by atoms with Crippen molar-refractivity contribution in [3.63, 3.8) is 0 Å². The van der Waals surface area contributed by atoms with E-state index in [2.05, 4.69) is 19.2 Å². The highest BCUT2D eigenvalue weighted by Gasteiger charge is 2.15. The van der Waals surface area contributed by atoms with Gasteiger partial charge in [-0.25, -0.2) is 0 Å². The maximum atomic E-state index is 5.73. The average Bonchev–Trinajstić information content (AvgIpc) is 2.63. The summed E-state index contributed by atoms with van der Waals surface area (Å²) in [4.78, 5) is 0. The molecule has 0 radical (unpaired) electrons. The van der Waals surface area contributed by atoms with Crippen LogP contribution in [-0.2, 0) is 0 Å². The lowest BCUT2D eigenvalue weighted by atomic mass is 9.90. The summed E-state index contributed by atoms with van der Waals surface area (Å²) >= 11 is 0. The molecule has 4 nitrogen and oxygen atoms in total. The molecular formula is C15H24N2O2. The monoisotopic (exact) mass is 264 g/mol. The molecule has 0 unspecified atom stereocenters. The van der Waals surface area contributed by atoms with Gasteiger partial charge in [-0.2, -0.15) is 0 Å². The second-order valence-corrected chi connectivity index (χ2v) is 5.76. The van der Waals surface area contributed by atoms with Gasteiger partial charge in [-0.15, -0.1) is 0 Å². The Morgan fingerprint density at radius 1 is 1.21 bits per heavy atom. The fourth-order valence-corrected chi connectivity index (χ4v) is 1.92. The Balaban J connectivity index is 1.93. The second kappa shape index (κ2) is 6.15. The summed E-state index contributed by atoms with van der Waals surface area (Å²) in [6.45, 7) is 7.42. The van der Waals surface area contributed by atoms with Crippen molar-refractivity contribution in [1.82, 2.24) is 0 Å². The zero-order valence-electron chi connectivity index (χ0n) is 11.9. The summed E-state index contributed by atoms with van der Waals surface area (Å²) in [5, 5.41) is 3.41. The van der Waals surface area contributed by atoms with Crippen LogP contribution in [0.25, 0.3) is 0 Å². The molecule has 1 aromatic rings. The highest BCUT2D eigenvalue weighted by Crippen LogP contribution is 2.32. The Morgan fingerprint density at radius 3 is 2.68 bits per heavy atom. The van der Waals surface area contributed by atoms with Crippen LogP contribution < -0.4 is 20.5 Å². The Hall–Kier alpha value is -1.42. The predicted octanol–water partition coefficient (Wildman–Crippen LogP) is 2.63. The van der Waals surface area contributed by atoms with E-state index in [4.69, 9.17) is 15.2 Å². The first-order chi connectivity index (χ1) is 9.11. The molecule has 1 heterocycles. The van der Waals surface area contributed by atoms with Gasteiger partial charge in [0.25, 0.3) is 0 Å². The molecule has 2 rings (SSSR count). The fourth-order valence-electron chi connectivity index (χ4n) is 1.92. The summed E-state index contributed by atoms with van der Waals surface area (Å²) in [7, 11) is 0. The maximum absolute atomic E-state index is 5.73. The summed E-state index contributed by atoms with van der Waals surface area (Å²) in [5.74, 6) is 1.67. The quantitative estimate of drug-likeness (QED) is 0.858. The molecule has 0 aromatic heterocycles. The summed E-state index contributed by atoms with van der Waals surface area (Å²) in [6, 6.07) is 6.01. The van der Waals surface area contributed by atoms with Gasteiger partial charge in [-0.1, -0.05) is 13.8 Å². The third-order valence-corrected chi connectivity index (χ3v) is 3.43. The number of anilines is 1. The van der Waals surface area contributed by atoms with Crippen molar-refractivity contribution in [2.45, 2.75) is 26.7 Å². The van der Waals surface area contributed by atoms with Gasteiger partial charge in [-0.3, -0.25) is 0 Å². The first-order valence-corrected chi connectivity index (χ1v) is 6.94. The number of nitrogens with one attached hydrogen (secondary N) is 1. The van der Waals surface area contributed by atoms with Crippen LogP contribution in [0.1, 0.15) is 26.7 Å². The third kappa shape index (κ3) is 4.03. The second-order valence-electron chi connectivity index (χ2n) is 5.76. The normalized spacial score (nSPS) is 14.9. The molecule has 1 aliphatic heterocycles. The minimum Gasteiger partial charge on any atom is -0.490 e. The molecule has 0 saturated carbocycles. The van der Waals surface area contributed by atoms with Gasteiger partial charge in [-0.05, 0) is 30.5 Å². The van der Waals surface area contributed by atoms with E-state index in [1.165, 1.54) is 0 Å². The predicted molar refractivity (Wildman–Crippen MR) is 78.0 cm³/mol. The topological polar surface area (TPSA) is 56.5 Å². The summed E-state index contributed by atoms with van der Waals surface area (Å²) < 4.78 is 11.3. The number of hydrogen-bond donors (Lipinski definition) is 2. The van der Waals surface area contributed by atoms with Crippen LogP contribution in [0.2, 0.25) is 0 Å². The van der Waals surface area contributed by atoms with Crippen molar-refractivity contribution in [3.05, 3.63) is 18.2 Å². The Labute approximate surface area is 115 Å². The molecule has 0 bridgehead atoms. The summed E-state index contributed by atoms with van der Waals surface area (Å²) in [5.41, 5.74) is 6.98. The third-order valence-electron chi connectivity index (χ3n) is 3.43. The van der Waals surface area contributed by atoms with Gasteiger partial charge in [0.05, 0.1) is 13.2 Å². The molecule has 0 fully saturated rings. The van der Waals surface area contributed by atoms with Crippen LogP contribution in [0.5, 0.6) is 11.5 Å². The van der Waals surface area contributed by atoms with Crippen molar-refractivity contribution in [2.24, 2.45) is 11.1 Å². The summed E-state index contributed by atoms with van der Waals surface area (Å²) in [6.07, 6.45) is 1.97. The standard InChI is InChI=1S/C15H24N2O2/c1-15(2,11-16)6-7-17-12-4-5-13-14(10-12)19-9-3-8-18-13/h4-5,10,17H,3,6-9,11,16H2,1-2H3. The molecule has 106 valence electrons. The SMILES string of the molecule is CC(C)(CN)CCNc1ccc2c(c1)OCCCO2. The molecule has 0 aliphatic carbocycles. The molecule has 4 heteroatoms. The number of benzene rings is 1. The molecule has 19 heavy (non-hydrogen) atoms. The zero-order valence-corrected chi connectivity index (χ0v) is 11.9. The minimum absolute atomic E-state index is 0.179. The smallest absolute Gasteiger partial charge is 0.163 e. The molecule has 0 saturated heterocycles. The molecule has 1 aliphatic rings. The van der Waals surface area contributed by atoms with Gasteiger partial charge in [0.2, 0.25) is 0 Å². The van der Waals surface area contributed by atoms with E-state index in [1.807, 2.05) is 18.2 Å². The van der Waals surface area contributed by atoms with Gasteiger partial charge < -0.3 is 20.5 Å². The molecule has 0 amide bonds. The Kier molecular flexibility index (Phi) is 4.53. The number of hydrogen-bond acceptors (Lipinski definition) is 4. The van der Waals surface area contributed by atoms with Crippen LogP contribution in [0.4, 0.5) is 5.69 Å². The number of ether oxygens (including phenoxy) is 2. The van der Waals surface area contributed by atoms with Crippen LogP contribution in [-0.4, -0.2) is 26.3 Å². The van der Waals surface area contributed by atoms with E-state index in [9.17, 15) is 0 Å². The van der Waals surface area contributed by atoms with Gasteiger partial charge in [0, 0.05) is 24.7 Å². The van der Waals surface area contributed by atoms with E-state index in [-0.39, 0.29) is 5.41 Å². The maximum Gasteiger partial charge on any atom is 0.163 e. The van der Waals surface area contributed by atoms with Crippen molar-refractivity contribution < 1.29 is 9.47 Å². The van der Waals surface area contributed by atoms with Gasteiger partial charge >= 0.3 is 0 Å². The van der Waals surface area contributed by atoms with Crippen LogP contribution in [0.3, 0.4) is 0 Å².